The summed E-state index contributed by atoms with van der Waals surface area (Å²) in [4.78, 5) is 29.3. The zero-order chi connectivity index (χ0) is 18.7. The minimum Gasteiger partial charge on any atom is -0.335 e. The van der Waals surface area contributed by atoms with Crippen molar-refractivity contribution in [2.45, 2.75) is 70.0 Å². The molecule has 2 N–H and O–H groups in total. The Morgan fingerprint density at radius 3 is 2.58 bits per heavy atom. The van der Waals surface area contributed by atoms with Gasteiger partial charge in [0.1, 0.15) is 0 Å². The number of nitrogens with two attached hydrogens (primary N) is 1. The van der Waals surface area contributed by atoms with Crippen LogP contribution in [0.2, 0.25) is 0 Å². The van der Waals surface area contributed by atoms with Gasteiger partial charge in [0, 0.05) is 19.5 Å². The second-order valence-corrected chi connectivity index (χ2v) is 7.95. The zero-order valence-electron chi connectivity index (χ0n) is 16.0. The molecular formula is C21H31N3O2. The van der Waals surface area contributed by atoms with E-state index in [1.807, 2.05) is 28.0 Å². The molecule has 2 fully saturated rings. The second kappa shape index (κ2) is 7.78. The average molecular weight is 357 g/mol. The van der Waals surface area contributed by atoms with Gasteiger partial charge in [-0.15, -0.1) is 0 Å². The number of rotatable bonds is 3. The Balaban J connectivity index is 1.97. The molecule has 2 saturated heterocycles. The van der Waals surface area contributed by atoms with Gasteiger partial charge < -0.3 is 15.5 Å². The average Bonchev–Trinajstić information content (AvgIpc) is 2.87. The molecule has 2 aliphatic heterocycles. The lowest BCUT2D eigenvalue weighted by molar-refractivity contribution is -0.140. The van der Waals surface area contributed by atoms with Gasteiger partial charge in [0.2, 0.25) is 11.8 Å². The van der Waals surface area contributed by atoms with E-state index in [4.69, 9.17) is 5.73 Å². The van der Waals surface area contributed by atoms with E-state index in [1.165, 1.54) is 5.56 Å². The molecule has 2 amide bonds. The zero-order valence-corrected chi connectivity index (χ0v) is 16.0. The standard InChI is InChI=1S/C21H31N3O2/c1-16(25)23-12-8-4-7-11-19-21(23,2)14-18(24(19)20(26)15-22)13-17-9-5-3-6-10-17/h3,5-6,9-10,18-19H,4,7-8,11-15,22H2,1-2H3/t18-,19+,21+/m1/s1. The van der Waals surface area contributed by atoms with Gasteiger partial charge >= 0.3 is 0 Å². The third-order valence-electron chi connectivity index (χ3n) is 6.23. The molecule has 3 atom stereocenters. The lowest BCUT2D eigenvalue weighted by Gasteiger charge is -2.45. The van der Waals surface area contributed by atoms with E-state index in [2.05, 4.69) is 19.1 Å². The number of nitrogens with zero attached hydrogens (tertiary/aromatic N) is 2. The SMILES string of the molecule is CC(=O)N1CCCCC[C@@H]2N(C(=O)CN)[C@H](Cc3ccccc3)C[C@@]21C. The van der Waals surface area contributed by atoms with Crippen LogP contribution in [0.3, 0.4) is 0 Å². The number of carbonyl (C=O) groups is 2. The monoisotopic (exact) mass is 357 g/mol. The van der Waals surface area contributed by atoms with Crippen LogP contribution in [0.1, 0.15) is 51.5 Å². The summed E-state index contributed by atoms with van der Waals surface area (Å²) in [5, 5.41) is 0. The third kappa shape index (κ3) is 3.50. The molecule has 0 unspecified atom stereocenters. The summed E-state index contributed by atoms with van der Waals surface area (Å²) in [5.74, 6) is 0.114. The van der Waals surface area contributed by atoms with Gasteiger partial charge in [0.25, 0.3) is 0 Å². The molecule has 3 rings (SSSR count). The van der Waals surface area contributed by atoms with E-state index in [-0.39, 0.29) is 36.0 Å². The van der Waals surface area contributed by atoms with Crippen LogP contribution in [0.15, 0.2) is 30.3 Å². The van der Waals surface area contributed by atoms with Crippen molar-refractivity contribution in [3.05, 3.63) is 35.9 Å². The van der Waals surface area contributed by atoms with E-state index < -0.39 is 0 Å². The highest BCUT2D eigenvalue weighted by molar-refractivity contribution is 5.80. The molecule has 0 spiro atoms. The Morgan fingerprint density at radius 2 is 1.92 bits per heavy atom. The molecule has 0 saturated carbocycles. The van der Waals surface area contributed by atoms with Crippen molar-refractivity contribution in [2.75, 3.05) is 13.1 Å². The fourth-order valence-corrected chi connectivity index (χ4v) is 5.10. The fraction of sp³-hybridized carbons (Fsp3) is 0.619. The maximum atomic E-state index is 12.8. The molecule has 1 aromatic rings. The summed E-state index contributed by atoms with van der Waals surface area (Å²) in [6.07, 6.45) is 5.80. The molecule has 0 radical (unpaired) electrons. The lowest BCUT2D eigenvalue weighted by Crippen LogP contribution is -2.58. The molecule has 5 nitrogen and oxygen atoms in total. The van der Waals surface area contributed by atoms with Crippen molar-refractivity contribution in [3.8, 4) is 0 Å². The number of amides is 2. The lowest BCUT2D eigenvalue weighted by atomic mass is 9.83. The number of hydrogen-bond acceptors (Lipinski definition) is 3. The Morgan fingerprint density at radius 1 is 1.19 bits per heavy atom. The predicted octanol–water partition coefficient (Wildman–Crippen LogP) is 2.34. The van der Waals surface area contributed by atoms with E-state index in [0.29, 0.717) is 0 Å². The first-order chi connectivity index (χ1) is 12.5. The molecule has 2 heterocycles. The van der Waals surface area contributed by atoms with Crippen molar-refractivity contribution >= 4 is 11.8 Å². The van der Waals surface area contributed by atoms with Gasteiger partial charge in [-0.05, 0) is 38.2 Å². The van der Waals surface area contributed by atoms with Crippen LogP contribution in [-0.4, -0.2) is 52.3 Å². The van der Waals surface area contributed by atoms with Crippen molar-refractivity contribution in [3.63, 3.8) is 0 Å². The van der Waals surface area contributed by atoms with Crippen LogP contribution < -0.4 is 5.73 Å². The highest BCUT2D eigenvalue weighted by Crippen LogP contribution is 2.43. The Labute approximate surface area is 156 Å². The minimum atomic E-state index is -0.309. The molecule has 0 aromatic heterocycles. The molecule has 142 valence electrons. The Kier molecular flexibility index (Phi) is 5.66. The van der Waals surface area contributed by atoms with Crippen LogP contribution in [0.4, 0.5) is 0 Å². The van der Waals surface area contributed by atoms with E-state index in [9.17, 15) is 9.59 Å². The smallest absolute Gasteiger partial charge is 0.236 e. The van der Waals surface area contributed by atoms with Gasteiger partial charge in [-0.2, -0.15) is 0 Å². The minimum absolute atomic E-state index is 0.00346. The third-order valence-corrected chi connectivity index (χ3v) is 6.23. The van der Waals surface area contributed by atoms with E-state index >= 15 is 0 Å². The molecule has 0 bridgehead atoms. The largest absolute Gasteiger partial charge is 0.335 e. The van der Waals surface area contributed by atoms with Gasteiger partial charge in [0.05, 0.1) is 18.1 Å². The van der Waals surface area contributed by atoms with E-state index in [0.717, 1.165) is 45.1 Å². The van der Waals surface area contributed by atoms with Crippen LogP contribution in [0, 0.1) is 0 Å². The highest BCUT2D eigenvalue weighted by Gasteiger charge is 2.54. The summed E-state index contributed by atoms with van der Waals surface area (Å²) in [5.41, 5.74) is 6.68. The van der Waals surface area contributed by atoms with Gasteiger partial charge in [-0.3, -0.25) is 9.59 Å². The summed E-state index contributed by atoms with van der Waals surface area (Å²) in [6.45, 7) is 4.64. The van der Waals surface area contributed by atoms with Crippen LogP contribution in [0.5, 0.6) is 0 Å². The van der Waals surface area contributed by atoms with Crippen molar-refractivity contribution < 1.29 is 9.59 Å². The summed E-state index contributed by atoms with van der Waals surface area (Å²) in [7, 11) is 0. The quantitative estimate of drug-likeness (QED) is 0.903. The van der Waals surface area contributed by atoms with Crippen molar-refractivity contribution in [1.82, 2.24) is 9.80 Å². The molecule has 5 heteroatoms. The molecule has 0 aliphatic carbocycles. The highest BCUT2D eigenvalue weighted by atomic mass is 16.2. The number of carbonyl (C=O) groups excluding carboxylic acids is 2. The maximum Gasteiger partial charge on any atom is 0.236 e. The van der Waals surface area contributed by atoms with Crippen molar-refractivity contribution in [1.29, 1.82) is 0 Å². The first-order valence-corrected chi connectivity index (χ1v) is 9.80. The molecule has 1 aromatic carbocycles. The number of fused-ring (bicyclic) bond motifs is 1. The van der Waals surface area contributed by atoms with Crippen LogP contribution in [-0.2, 0) is 16.0 Å². The van der Waals surface area contributed by atoms with E-state index in [1.54, 1.807) is 6.92 Å². The van der Waals surface area contributed by atoms with Crippen LogP contribution in [0.25, 0.3) is 0 Å². The van der Waals surface area contributed by atoms with Crippen molar-refractivity contribution in [2.24, 2.45) is 5.73 Å². The summed E-state index contributed by atoms with van der Waals surface area (Å²) in [6, 6.07) is 10.4. The number of hydrogen-bond donors (Lipinski definition) is 1. The van der Waals surface area contributed by atoms with Gasteiger partial charge in [-0.25, -0.2) is 0 Å². The fourth-order valence-electron chi connectivity index (χ4n) is 5.10. The van der Waals surface area contributed by atoms with Crippen LogP contribution >= 0.6 is 0 Å². The second-order valence-electron chi connectivity index (χ2n) is 7.95. The molecule has 2 aliphatic rings. The predicted molar refractivity (Wildman–Crippen MR) is 102 cm³/mol. The molecular weight excluding hydrogens is 326 g/mol. The maximum absolute atomic E-state index is 12.8. The topological polar surface area (TPSA) is 66.6 Å². The normalized spacial score (nSPS) is 29.0. The number of likely N-dealkylation sites (tertiary alicyclic amines) is 2. The number of benzene rings is 1. The first-order valence-electron chi connectivity index (χ1n) is 9.80. The summed E-state index contributed by atoms with van der Waals surface area (Å²) >= 11 is 0. The first kappa shape index (κ1) is 18.9. The van der Waals surface area contributed by atoms with Gasteiger partial charge in [-0.1, -0.05) is 43.2 Å². The van der Waals surface area contributed by atoms with Gasteiger partial charge in [0.15, 0.2) is 0 Å². The summed E-state index contributed by atoms with van der Waals surface area (Å²) < 4.78 is 0. The molecule has 26 heavy (non-hydrogen) atoms. The Bertz CT molecular complexity index is 648. The Hall–Kier alpha value is -1.88.